The number of nitrogens with one attached hydrogen (secondary N) is 1. The largest absolute Gasteiger partial charge is 0.628 e. The van der Waals surface area contributed by atoms with E-state index >= 15 is 0 Å². The van der Waals surface area contributed by atoms with E-state index in [4.69, 9.17) is 0 Å². The van der Waals surface area contributed by atoms with Crippen LogP contribution in [0.25, 0.3) is 0 Å². The van der Waals surface area contributed by atoms with Gasteiger partial charge in [0.15, 0.2) is 11.5 Å². The van der Waals surface area contributed by atoms with Crippen molar-refractivity contribution in [2.24, 2.45) is 0 Å². The van der Waals surface area contributed by atoms with Crippen molar-refractivity contribution in [3.05, 3.63) is 40.5 Å². The molecular formula is C6H5FNO2-. The molecule has 1 aromatic carbocycles. The van der Waals surface area contributed by atoms with Crippen LogP contribution in [-0.2, 0) is 0 Å². The van der Waals surface area contributed by atoms with Gasteiger partial charge in [-0.2, -0.15) is 0 Å². The molecule has 0 aliphatic heterocycles. The van der Waals surface area contributed by atoms with E-state index in [1.54, 1.807) is 0 Å². The SMILES string of the molecule is [O-][NH+]([O-])c1ccccc1F. The predicted octanol–water partition coefficient (Wildman–Crippen LogP) is 0.338. The molecule has 0 unspecified atom stereocenters. The average molecular weight is 142 g/mol. The predicted molar refractivity (Wildman–Crippen MR) is 33.8 cm³/mol. The normalized spacial score (nSPS) is 10.4. The molecule has 0 spiro atoms. The highest BCUT2D eigenvalue weighted by Crippen LogP contribution is 2.05. The van der Waals surface area contributed by atoms with E-state index in [1.165, 1.54) is 12.1 Å². The highest BCUT2D eigenvalue weighted by atomic mass is 19.1. The molecule has 0 saturated carbocycles. The van der Waals surface area contributed by atoms with E-state index in [0.29, 0.717) is 0 Å². The third-order valence-electron chi connectivity index (χ3n) is 1.09. The van der Waals surface area contributed by atoms with Gasteiger partial charge in [0, 0.05) is 6.07 Å². The van der Waals surface area contributed by atoms with E-state index in [1.807, 2.05) is 0 Å². The third-order valence-corrected chi connectivity index (χ3v) is 1.09. The third kappa shape index (κ3) is 1.30. The Morgan fingerprint density at radius 2 is 1.80 bits per heavy atom. The summed E-state index contributed by atoms with van der Waals surface area (Å²) in [5.41, 5.74) is -0.400. The molecular weight excluding hydrogens is 137 g/mol. The highest BCUT2D eigenvalue weighted by molar-refractivity contribution is 5.30. The molecule has 0 amide bonds. The minimum Gasteiger partial charge on any atom is -0.628 e. The monoisotopic (exact) mass is 142 g/mol. The maximum atomic E-state index is 12.4. The van der Waals surface area contributed by atoms with Gasteiger partial charge in [-0.25, -0.2) is 4.39 Å². The maximum Gasteiger partial charge on any atom is 0.184 e. The minimum absolute atomic E-state index is 0.400. The Balaban J connectivity index is 3.03. The molecule has 0 fully saturated rings. The quantitative estimate of drug-likeness (QED) is 0.574. The molecule has 0 atom stereocenters. The molecule has 0 aromatic heterocycles. The van der Waals surface area contributed by atoms with Crippen LogP contribution in [-0.4, -0.2) is 0 Å². The maximum absolute atomic E-state index is 12.4. The van der Waals surface area contributed by atoms with Crippen LogP contribution in [0, 0.1) is 16.2 Å². The van der Waals surface area contributed by atoms with Crippen molar-refractivity contribution in [2.75, 3.05) is 0 Å². The first-order valence-corrected chi connectivity index (χ1v) is 2.67. The van der Waals surface area contributed by atoms with Gasteiger partial charge in [0.25, 0.3) is 0 Å². The number of hydrogen-bond acceptors (Lipinski definition) is 2. The first-order valence-electron chi connectivity index (χ1n) is 2.67. The molecule has 0 bridgehead atoms. The zero-order valence-corrected chi connectivity index (χ0v) is 5.00. The van der Waals surface area contributed by atoms with Gasteiger partial charge in [0.05, 0.1) is 0 Å². The van der Waals surface area contributed by atoms with Crippen LogP contribution in [0.15, 0.2) is 24.3 Å². The van der Waals surface area contributed by atoms with E-state index in [-0.39, 0.29) is 0 Å². The summed E-state index contributed by atoms with van der Waals surface area (Å²) in [6.45, 7) is 0. The first-order chi connectivity index (χ1) is 4.72. The molecule has 0 heterocycles. The van der Waals surface area contributed by atoms with Crippen LogP contribution in [0.1, 0.15) is 0 Å². The summed E-state index contributed by atoms with van der Waals surface area (Å²) in [6, 6.07) is 5.09. The zero-order chi connectivity index (χ0) is 7.56. The van der Waals surface area contributed by atoms with Crippen LogP contribution in [0.3, 0.4) is 0 Å². The van der Waals surface area contributed by atoms with Gasteiger partial charge in [0.2, 0.25) is 0 Å². The summed E-state index contributed by atoms with van der Waals surface area (Å²) < 4.78 is 12.4. The Kier molecular flexibility index (Phi) is 1.96. The van der Waals surface area contributed by atoms with Gasteiger partial charge in [-0.15, -0.1) is 0 Å². The Labute approximate surface area is 56.9 Å². The molecule has 10 heavy (non-hydrogen) atoms. The van der Waals surface area contributed by atoms with Crippen LogP contribution in [0.4, 0.5) is 10.1 Å². The highest BCUT2D eigenvalue weighted by Gasteiger charge is 2.00. The van der Waals surface area contributed by atoms with Crippen molar-refractivity contribution < 1.29 is 9.62 Å². The second-order valence-corrected chi connectivity index (χ2v) is 1.77. The van der Waals surface area contributed by atoms with Crippen molar-refractivity contribution in [2.45, 2.75) is 0 Å². The Morgan fingerprint density at radius 1 is 1.20 bits per heavy atom. The Hall–Kier alpha value is -0.970. The van der Waals surface area contributed by atoms with Gasteiger partial charge in [0.1, 0.15) is 0 Å². The molecule has 0 radical (unpaired) electrons. The Morgan fingerprint density at radius 3 is 2.20 bits per heavy atom. The zero-order valence-electron chi connectivity index (χ0n) is 5.00. The van der Waals surface area contributed by atoms with Gasteiger partial charge in [-0.05, 0) is 6.07 Å². The number of rotatable bonds is 1. The summed E-state index contributed by atoms with van der Waals surface area (Å²) in [4.78, 5) is 0. The van der Waals surface area contributed by atoms with E-state index in [9.17, 15) is 14.8 Å². The fourth-order valence-corrected chi connectivity index (χ4v) is 0.627. The summed E-state index contributed by atoms with van der Waals surface area (Å²) in [5.74, 6) is -0.762. The number of benzene rings is 1. The number of hydrogen-bond donors (Lipinski definition) is 1. The molecule has 1 rings (SSSR count). The molecule has 0 aliphatic rings. The lowest BCUT2D eigenvalue weighted by molar-refractivity contribution is -0.716. The van der Waals surface area contributed by atoms with Crippen molar-refractivity contribution in [3.8, 4) is 0 Å². The van der Waals surface area contributed by atoms with Gasteiger partial charge in [-0.3, -0.25) is 0 Å². The molecule has 1 aromatic rings. The summed E-state index contributed by atoms with van der Waals surface area (Å²) in [6.07, 6.45) is 0. The van der Waals surface area contributed by atoms with Gasteiger partial charge >= 0.3 is 0 Å². The van der Waals surface area contributed by atoms with Crippen LogP contribution < -0.4 is 5.23 Å². The second kappa shape index (κ2) is 2.74. The standard InChI is InChI=1S/C6H5FNO2/c7-5-3-1-2-4-6(5)8(9)10/h1-4,8H/q-1. The van der Waals surface area contributed by atoms with Gasteiger partial charge in [-0.1, -0.05) is 12.1 Å². The molecule has 0 saturated heterocycles. The van der Waals surface area contributed by atoms with Crippen molar-refractivity contribution in [3.63, 3.8) is 0 Å². The summed E-state index contributed by atoms with van der Waals surface area (Å²) in [7, 11) is 0. The van der Waals surface area contributed by atoms with Crippen molar-refractivity contribution in [1.29, 1.82) is 0 Å². The average Bonchev–Trinajstić information content (AvgIpc) is 1.88. The van der Waals surface area contributed by atoms with Crippen molar-refractivity contribution in [1.82, 2.24) is 0 Å². The lowest BCUT2D eigenvalue weighted by Crippen LogP contribution is -2.96. The molecule has 54 valence electrons. The number of halogens is 1. The Bertz CT molecular complexity index is 227. The van der Waals surface area contributed by atoms with Crippen LogP contribution >= 0.6 is 0 Å². The molecule has 3 nitrogen and oxygen atoms in total. The lowest BCUT2D eigenvalue weighted by Gasteiger charge is -2.24. The van der Waals surface area contributed by atoms with E-state index in [0.717, 1.165) is 12.1 Å². The van der Waals surface area contributed by atoms with Crippen LogP contribution in [0.5, 0.6) is 0 Å². The molecule has 4 heteroatoms. The minimum atomic E-state index is -1.49. The summed E-state index contributed by atoms with van der Waals surface area (Å²) in [5, 5.41) is 18.7. The van der Waals surface area contributed by atoms with Gasteiger partial charge < -0.3 is 15.6 Å². The number of quaternary nitrogens is 1. The lowest BCUT2D eigenvalue weighted by atomic mass is 10.3. The van der Waals surface area contributed by atoms with Crippen LogP contribution in [0.2, 0.25) is 0 Å². The smallest absolute Gasteiger partial charge is 0.184 e. The van der Waals surface area contributed by atoms with E-state index in [2.05, 4.69) is 0 Å². The topological polar surface area (TPSA) is 50.6 Å². The van der Waals surface area contributed by atoms with Crippen molar-refractivity contribution >= 4 is 5.69 Å². The van der Waals surface area contributed by atoms with E-state index < -0.39 is 16.7 Å². The second-order valence-electron chi connectivity index (χ2n) is 1.77. The first kappa shape index (κ1) is 7.14. The summed E-state index contributed by atoms with van der Waals surface area (Å²) >= 11 is 0. The molecule has 0 aliphatic carbocycles. The fraction of sp³-hybridized carbons (Fsp3) is 0. The fourth-order valence-electron chi connectivity index (χ4n) is 0.627. The molecule has 1 N–H and O–H groups in total.